The molecule has 1 amide bonds. The Morgan fingerprint density at radius 2 is 2.24 bits per heavy atom. The van der Waals surface area contributed by atoms with Crippen molar-refractivity contribution in [2.75, 3.05) is 33.4 Å². The van der Waals surface area contributed by atoms with Crippen molar-refractivity contribution in [3.8, 4) is 0 Å². The molecule has 0 aliphatic carbocycles. The normalized spacial score (nSPS) is 23.6. The zero-order valence-electron chi connectivity index (χ0n) is 12.8. The van der Waals surface area contributed by atoms with E-state index in [4.69, 9.17) is 14.0 Å². The van der Waals surface area contributed by atoms with Crippen molar-refractivity contribution in [2.45, 2.75) is 32.3 Å². The van der Waals surface area contributed by atoms with Crippen LogP contribution in [0, 0.1) is 19.8 Å². The highest BCUT2D eigenvalue weighted by Crippen LogP contribution is 2.39. The first kappa shape index (κ1) is 14.5. The molecule has 2 aliphatic rings. The molecule has 3 rings (SSSR count). The highest BCUT2D eigenvalue weighted by molar-refractivity contribution is 5.96. The van der Waals surface area contributed by atoms with Crippen LogP contribution in [0.3, 0.4) is 0 Å². The molecule has 1 aromatic heterocycles. The van der Waals surface area contributed by atoms with E-state index in [-0.39, 0.29) is 11.5 Å². The van der Waals surface area contributed by atoms with Gasteiger partial charge in [0, 0.05) is 13.7 Å². The zero-order valence-corrected chi connectivity index (χ0v) is 12.8. The number of ether oxygens (including phenoxy) is 2. The minimum absolute atomic E-state index is 0.000756. The zero-order chi connectivity index (χ0) is 15.0. The van der Waals surface area contributed by atoms with E-state index >= 15 is 0 Å². The van der Waals surface area contributed by atoms with Gasteiger partial charge >= 0.3 is 0 Å². The van der Waals surface area contributed by atoms with Gasteiger partial charge in [-0.1, -0.05) is 5.16 Å². The second-order valence-corrected chi connectivity index (χ2v) is 6.21. The Hall–Kier alpha value is -1.40. The number of nitrogens with zero attached hydrogens (tertiary/aromatic N) is 2. The van der Waals surface area contributed by atoms with Crippen molar-refractivity contribution >= 4 is 5.91 Å². The Balaban J connectivity index is 1.58. The van der Waals surface area contributed by atoms with E-state index in [1.54, 1.807) is 21.0 Å². The Morgan fingerprint density at radius 1 is 1.48 bits per heavy atom. The number of aryl methyl sites for hydroxylation is 2. The predicted octanol–water partition coefficient (Wildman–Crippen LogP) is 1.56. The van der Waals surface area contributed by atoms with Gasteiger partial charge < -0.3 is 18.9 Å². The van der Waals surface area contributed by atoms with Crippen LogP contribution in [-0.4, -0.2) is 55.0 Å². The lowest BCUT2D eigenvalue weighted by molar-refractivity contribution is -0.0951. The average molecular weight is 294 g/mol. The van der Waals surface area contributed by atoms with Gasteiger partial charge in [-0.15, -0.1) is 0 Å². The SMILES string of the molecule is COCCC1COC2(C1)CN(C(=O)c1c(C)noc1C)C2. The van der Waals surface area contributed by atoms with Crippen LogP contribution in [0.2, 0.25) is 0 Å². The van der Waals surface area contributed by atoms with Gasteiger partial charge in [-0.2, -0.15) is 0 Å². The number of rotatable bonds is 4. The number of hydrogen-bond donors (Lipinski definition) is 0. The smallest absolute Gasteiger partial charge is 0.259 e. The third-order valence-corrected chi connectivity index (χ3v) is 4.51. The number of methoxy groups -OCH3 is 1. The van der Waals surface area contributed by atoms with Crippen LogP contribution in [0.15, 0.2) is 4.52 Å². The number of aromatic nitrogens is 1. The summed E-state index contributed by atoms with van der Waals surface area (Å²) in [7, 11) is 1.72. The van der Waals surface area contributed by atoms with Gasteiger partial charge in [-0.05, 0) is 32.6 Å². The fraction of sp³-hybridized carbons (Fsp3) is 0.733. The Bertz CT molecular complexity index is 514. The molecule has 0 radical (unpaired) electrons. The molecule has 21 heavy (non-hydrogen) atoms. The van der Waals surface area contributed by atoms with Gasteiger partial charge in [0.05, 0.1) is 25.4 Å². The van der Waals surface area contributed by atoms with Gasteiger partial charge in [-0.3, -0.25) is 4.79 Å². The van der Waals surface area contributed by atoms with Gasteiger partial charge in [-0.25, -0.2) is 0 Å². The summed E-state index contributed by atoms with van der Waals surface area (Å²) in [6, 6.07) is 0. The summed E-state index contributed by atoms with van der Waals surface area (Å²) < 4.78 is 16.1. The topological polar surface area (TPSA) is 64.8 Å². The summed E-state index contributed by atoms with van der Waals surface area (Å²) in [5.41, 5.74) is 1.12. The summed E-state index contributed by atoms with van der Waals surface area (Å²) in [6.07, 6.45) is 2.04. The highest BCUT2D eigenvalue weighted by atomic mass is 16.5. The van der Waals surface area contributed by atoms with E-state index in [2.05, 4.69) is 5.16 Å². The molecule has 0 saturated carbocycles. The van der Waals surface area contributed by atoms with Crippen molar-refractivity contribution in [1.29, 1.82) is 0 Å². The molecule has 6 nitrogen and oxygen atoms in total. The fourth-order valence-electron chi connectivity index (χ4n) is 3.37. The molecular weight excluding hydrogens is 272 g/mol. The molecule has 1 spiro atoms. The maximum atomic E-state index is 12.5. The minimum Gasteiger partial charge on any atom is -0.385 e. The van der Waals surface area contributed by atoms with Crippen molar-refractivity contribution < 1.29 is 18.8 Å². The first-order valence-corrected chi connectivity index (χ1v) is 7.40. The lowest BCUT2D eigenvalue weighted by Gasteiger charge is -2.47. The van der Waals surface area contributed by atoms with E-state index in [1.165, 1.54) is 0 Å². The molecule has 0 aromatic carbocycles. The van der Waals surface area contributed by atoms with Crippen LogP contribution in [0.5, 0.6) is 0 Å². The van der Waals surface area contributed by atoms with Crippen LogP contribution in [0.1, 0.15) is 34.7 Å². The van der Waals surface area contributed by atoms with E-state index in [0.29, 0.717) is 36.0 Å². The van der Waals surface area contributed by atoms with E-state index in [1.807, 2.05) is 4.90 Å². The molecule has 116 valence electrons. The number of amides is 1. The van der Waals surface area contributed by atoms with E-state index < -0.39 is 0 Å². The lowest BCUT2D eigenvalue weighted by atomic mass is 9.85. The molecule has 1 unspecified atom stereocenters. The van der Waals surface area contributed by atoms with Crippen molar-refractivity contribution in [1.82, 2.24) is 10.1 Å². The third-order valence-electron chi connectivity index (χ3n) is 4.51. The van der Waals surface area contributed by atoms with Crippen molar-refractivity contribution in [3.63, 3.8) is 0 Å². The van der Waals surface area contributed by atoms with Crippen LogP contribution in [0.4, 0.5) is 0 Å². The molecule has 2 fully saturated rings. The summed E-state index contributed by atoms with van der Waals surface area (Å²) in [4.78, 5) is 14.3. The molecule has 6 heteroatoms. The average Bonchev–Trinajstić information content (AvgIpc) is 2.98. The molecule has 1 aromatic rings. The number of likely N-dealkylation sites (tertiary alicyclic amines) is 1. The first-order chi connectivity index (χ1) is 10.0. The molecule has 2 saturated heterocycles. The Labute approximate surface area is 124 Å². The second-order valence-electron chi connectivity index (χ2n) is 6.21. The number of hydrogen-bond acceptors (Lipinski definition) is 5. The number of carbonyl (C=O) groups excluding carboxylic acids is 1. The largest absolute Gasteiger partial charge is 0.385 e. The molecule has 1 atom stereocenters. The summed E-state index contributed by atoms with van der Waals surface area (Å²) in [5.74, 6) is 1.13. The quantitative estimate of drug-likeness (QED) is 0.843. The number of carbonyl (C=O) groups is 1. The molecule has 2 aliphatic heterocycles. The lowest BCUT2D eigenvalue weighted by Crippen LogP contribution is -2.63. The summed E-state index contributed by atoms with van der Waals surface area (Å²) in [6.45, 7) is 6.45. The standard InChI is InChI=1S/C15H22N2O4/c1-10-13(11(2)21-16-10)14(18)17-8-15(9-17)6-12(7-20-15)4-5-19-3/h12H,4-9H2,1-3H3. The maximum Gasteiger partial charge on any atom is 0.259 e. The highest BCUT2D eigenvalue weighted by Gasteiger charge is 2.51. The Kier molecular flexibility index (Phi) is 3.75. The second kappa shape index (κ2) is 5.42. The third kappa shape index (κ3) is 2.58. The van der Waals surface area contributed by atoms with Crippen LogP contribution >= 0.6 is 0 Å². The van der Waals surface area contributed by atoms with Crippen LogP contribution in [0.25, 0.3) is 0 Å². The molecule has 3 heterocycles. The van der Waals surface area contributed by atoms with Crippen molar-refractivity contribution in [3.05, 3.63) is 17.0 Å². The van der Waals surface area contributed by atoms with Crippen molar-refractivity contribution in [2.24, 2.45) is 5.92 Å². The van der Waals surface area contributed by atoms with Crippen LogP contribution < -0.4 is 0 Å². The van der Waals surface area contributed by atoms with Gasteiger partial charge in [0.2, 0.25) is 0 Å². The minimum atomic E-state index is -0.132. The van der Waals surface area contributed by atoms with Crippen LogP contribution in [-0.2, 0) is 9.47 Å². The molecular formula is C15H22N2O4. The Morgan fingerprint density at radius 3 is 2.86 bits per heavy atom. The van der Waals surface area contributed by atoms with E-state index in [0.717, 1.165) is 26.1 Å². The van der Waals surface area contributed by atoms with Gasteiger partial charge in [0.1, 0.15) is 16.9 Å². The van der Waals surface area contributed by atoms with Gasteiger partial charge in [0.15, 0.2) is 0 Å². The summed E-state index contributed by atoms with van der Waals surface area (Å²) >= 11 is 0. The predicted molar refractivity (Wildman–Crippen MR) is 75.2 cm³/mol. The van der Waals surface area contributed by atoms with E-state index in [9.17, 15) is 4.79 Å². The first-order valence-electron chi connectivity index (χ1n) is 7.40. The fourth-order valence-corrected chi connectivity index (χ4v) is 3.37. The van der Waals surface area contributed by atoms with Gasteiger partial charge in [0.25, 0.3) is 5.91 Å². The monoisotopic (exact) mass is 294 g/mol. The molecule has 0 N–H and O–H groups in total. The maximum absolute atomic E-state index is 12.5. The molecule has 0 bridgehead atoms. The summed E-state index contributed by atoms with van der Waals surface area (Å²) in [5, 5.41) is 3.85.